The molecule has 0 fully saturated rings. The number of amides is 1. The van der Waals surface area contributed by atoms with Crippen molar-refractivity contribution in [1.82, 2.24) is 14.2 Å². The molecule has 5 nitrogen and oxygen atoms in total. The second-order valence-corrected chi connectivity index (χ2v) is 9.17. The van der Waals surface area contributed by atoms with Gasteiger partial charge in [0.25, 0.3) is 5.91 Å². The van der Waals surface area contributed by atoms with Gasteiger partial charge in [0.1, 0.15) is 10.0 Å². The van der Waals surface area contributed by atoms with Crippen LogP contribution >= 0.6 is 69.9 Å². The van der Waals surface area contributed by atoms with Crippen LogP contribution in [0, 0.1) is 0 Å². The quantitative estimate of drug-likeness (QED) is 0.436. The van der Waals surface area contributed by atoms with Crippen molar-refractivity contribution in [2.45, 2.75) is 15.8 Å². The maximum absolute atomic E-state index is 12.7. The molecular formula is C16H13Cl3N4OS3. The molecule has 1 amide bonds. The topological polar surface area (TPSA) is 59.8 Å². The van der Waals surface area contributed by atoms with E-state index in [1.165, 1.54) is 35.1 Å². The summed E-state index contributed by atoms with van der Waals surface area (Å²) >= 11 is 22.6. The second kappa shape index (κ2) is 9.07. The van der Waals surface area contributed by atoms with Gasteiger partial charge in [0.15, 0.2) is 5.82 Å². The number of hydrogen-bond acceptors (Lipinski definition) is 6. The summed E-state index contributed by atoms with van der Waals surface area (Å²) in [5.74, 6) is 0.00573. The molecule has 0 spiro atoms. The molecule has 0 aliphatic rings. The van der Waals surface area contributed by atoms with Gasteiger partial charge >= 0.3 is 0 Å². The molecule has 0 aliphatic heterocycles. The average molecular weight is 480 g/mol. The lowest BCUT2D eigenvalue weighted by Crippen LogP contribution is -2.14. The van der Waals surface area contributed by atoms with Gasteiger partial charge in [-0.1, -0.05) is 40.9 Å². The zero-order chi connectivity index (χ0) is 19.6. The standard InChI is InChI=1S/C16H13Cl3N4OS3/c1-25-15-12(16(26-2)27-22-15)14(24)20-13-11(19)7-23(21-13)6-8-3-4-9(17)5-10(8)18/h3-5,7H,6H2,1-2H3,(H,20,21,24). The molecular weight excluding hydrogens is 467 g/mol. The number of rotatable bonds is 6. The highest BCUT2D eigenvalue weighted by molar-refractivity contribution is 8.01. The monoisotopic (exact) mass is 478 g/mol. The molecule has 0 aliphatic carbocycles. The predicted octanol–water partition coefficient (Wildman–Crippen LogP) is 6.04. The Kier molecular flexibility index (Phi) is 6.99. The summed E-state index contributed by atoms with van der Waals surface area (Å²) in [7, 11) is 0. The lowest BCUT2D eigenvalue weighted by molar-refractivity contribution is 0.102. The summed E-state index contributed by atoms with van der Waals surface area (Å²) in [5.41, 5.74) is 1.39. The zero-order valence-electron chi connectivity index (χ0n) is 14.1. The van der Waals surface area contributed by atoms with Crippen LogP contribution in [0.5, 0.6) is 0 Å². The zero-order valence-corrected chi connectivity index (χ0v) is 18.8. The first kappa shape index (κ1) is 20.8. The van der Waals surface area contributed by atoms with Crippen LogP contribution in [-0.4, -0.2) is 32.6 Å². The Hall–Kier alpha value is -0.900. The van der Waals surface area contributed by atoms with Gasteiger partial charge in [0.05, 0.1) is 16.3 Å². The molecule has 3 rings (SSSR count). The smallest absolute Gasteiger partial charge is 0.261 e. The van der Waals surface area contributed by atoms with Crippen molar-refractivity contribution >= 4 is 81.6 Å². The predicted molar refractivity (Wildman–Crippen MR) is 116 cm³/mol. The Bertz CT molecular complexity index is 968. The Morgan fingerprint density at radius 1 is 1.22 bits per heavy atom. The number of halogens is 3. The molecule has 142 valence electrons. The number of thioether (sulfide) groups is 2. The van der Waals surface area contributed by atoms with Gasteiger partial charge < -0.3 is 5.32 Å². The van der Waals surface area contributed by atoms with E-state index >= 15 is 0 Å². The number of hydrogen-bond donors (Lipinski definition) is 1. The molecule has 3 aromatic rings. The Labute approximate surface area is 183 Å². The van der Waals surface area contributed by atoms with Crippen LogP contribution in [0.4, 0.5) is 5.82 Å². The van der Waals surface area contributed by atoms with Gasteiger partial charge in [-0.25, -0.2) is 0 Å². The number of anilines is 1. The number of nitrogens with zero attached hydrogens (tertiary/aromatic N) is 3. The fourth-order valence-corrected chi connectivity index (χ4v) is 5.23. The van der Waals surface area contributed by atoms with Crippen LogP contribution in [0.3, 0.4) is 0 Å². The van der Waals surface area contributed by atoms with E-state index in [-0.39, 0.29) is 11.7 Å². The van der Waals surface area contributed by atoms with Crippen molar-refractivity contribution in [3.63, 3.8) is 0 Å². The minimum atomic E-state index is -0.283. The van der Waals surface area contributed by atoms with E-state index in [1.54, 1.807) is 23.0 Å². The molecule has 0 radical (unpaired) electrons. The molecule has 27 heavy (non-hydrogen) atoms. The van der Waals surface area contributed by atoms with Crippen molar-refractivity contribution in [3.05, 3.63) is 50.6 Å². The first-order chi connectivity index (χ1) is 12.9. The van der Waals surface area contributed by atoms with Crippen LogP contribution in [0.1, 0.15) is 15.9 Å². The lowest BCUT2D eigenvalue weighted by atomic mass is 10.2. The van der Waals surface area contributed by atoms with Gasteiger partial charge in [-0.2, -0.15) is 9.47 Å². The molecule has 2 heterocycles. The molecule has 0 saturated heterocycles. The van der Waals surface area contributed by atoms with Gasteiger partial charge in [0, 0.05) is 16.2 Å². The van der Waals surface area contributed by atoms with E-state index in [1.807, 2.05) is 18.6 Å². The molecule has 11 heteroatoms. The highest BCUT2D eigenvalue weighted by atomic mass is 35.5. The van der Waals surface area contributed by atoms with Crippen LogP contribution in [0.15, 0.2) is 33.6 Å². The van der Waals surface area contributed by atoms with Crippen molar-refractivity contribution in [1.29, 1.82) is 0 Å². The molecule has 0 saturated carbocycles. The fourth-order valence-electron chi connectivity index (χ4n) is 2.29. The van der Waals surface area contributed by atoms with E-state index < -0.39 is 0 Å². The first-order valence-corrected chi connectivity index (χ1v) is 11.8. The summed E-state index contributed by atoms with van der Waals surface area (Å²) in [6.45, 7) is 0.401. The minimum Gasteiger partial charge on any atom is -0.304 e. The SMILES string of the molecule is CSc1nsc(SC)c1C(=O)Nc1nn(Cc2ccc(Cl)cc2Cl)cc1Cl. The maximum atomic E-state index is 12.7. The van der Waals surface area contributed by atoms with E-state index in [4.69, 9.17) is 34.8 Å². The Morgan fingerprint density at radius 3 is 2.67 bits per heavy atom. The summed E-state index contributed by atoms with van der Waals surface area (Å²) in [6.07, 6.45) is 5.43. The summed E-state index contributed by atoms with van der Waals surface area (Å²) in [5, 5.41) is 9.27. The number of benzene rings is 1. The van der Waals surface area contributed by atoms with Gasteiger partial charge in [-0.3, -0.25) is 9.48 Å². The third kappa shape index (κ3) is 4.75. The highest BCUT2D eigenvalue weighted by Crippen LogP contribution is 2.33. The largest absolute Gasteiger partial charge is 0.304 e. The van der Waals surface area contributed by atoms with E-state index in [0.29, 0.717) is 32.2 Å². The number of carbonyl (C=O) groups excluding carboxylic acids is 1. The van der Waals surface area contributed by atoms with Crippen molar-refractivity contribution < 1.29 is 4.79 Å². The third-order valence-corrected chi connectivity index (χ3v) is 7.14. The van der Waals surface area contributed by atoms with Crippen molar-refractivity contribution in [3.8, 4) is 0 Å². The van der Waals surface area contributed by atoms with Crippen LogP contribution in [0.2, 0.25) is 15.1 Å². The second-order valence-electron chi connectivity index (χ2n) is 5.27. The number of carbonyl (C=O) groups is 1. The van der Waals surface area contributed by atoms with Crippen molar-refractivity contribution in [2.24, 2.45) is 0 Å². The molecule has 0 unspecified atom stereocenters. The normalized spacial score (nSPS) is 11.0. The molecule has 2 aromatic heterocycles. The van der Waals surface area contributed by atoms with Crippen molar-refractivity contribution in [2.75, 3.05) is 17.8 Å². The first-order valence-electron chi connectivity index (χ1n) is 7.48. The Balaban J connectivity index is 1.81. The van der Waals surface area contributed by atoms with Gasteiger partial charge in [-0.05, 0) is 41.7 Å². The number of nitrogens with one attached hydrogen (secondary N) is 1. The van der Waals surface area contributed by atoms with Crippen LogP contribution in [-0.2, 0) is 6.54 Å². The lowest BCUT2D eigenvalue weighted by Gasteiger charge is -2.06. The van der Waals surface area contributed by atoms with E-state index in [2.05, 4.69) is 14.8 Å². The Morgan fingerprint density at radius 2 is 2.00 bits per heavy atom. The minimum absolute atomic E-state index is 0.283. The van der Waals surface area contributed by atoms with E-state index in [9.17, 15) is 4.79 Å². The molecule has 1 N–H and O–H groups in total. The summed E-state index contributed by atoms with van der Waals surface area (Å²) in [6, 6.07) is 5.25. The number of aromatic nitrogens is 3. The highest BCUT2D eigenvalue weighted by Gasteiger charge is 2.22. The van der Waals surface area contributed by atoms with Crippen LogP contribution < -0.4 is 5.32 Å². The summed E-state index contributed by atoms with van der Waals surface area (Å²) in [4.78, 5) is 12.7. The average Bonchev–Trinajstić information content (AvgIpc) is 3.20. The van der Waals surface area contributed by atoms with E-state index in [0.717, 1.165) is 9.77 Å². The molecule has 0 bridgehead atoms. The third-order valence-electron chi connectivity index (χ3n) is 3.53. The van der Waals surface area contributed by atoms with Gasteiger partial charge in [0.2, 0.25) is 0 Å². The molecule has 0 atom stereocenters. The van der Waals surface area contributed by atoms with Crippen LogP contribution in [0.25, 0.3) is 0 Å². The van der Waals surface area contributed by atoms with Gasteiger partial charge in [-0.15, -0.1) is 23.5 Å². The fraction of sp³-hybridized carbons (Fsp3) is 0.188. The maximum Gasteiger partial charge on any atom is 0.261 e. The summed E-state index contributed by atoms with van der Waals surface area (Å²) < 4.78 is 6.77. The molecule has 1 aromatic carbocycles.